The first-order chi connectivity index (χ1) is 22.5. The highest BCUT2D eigenvalue weighted by atomic mass is 32.1. The molecule has 1 unspecified atom stereocenters. The van der Waals surface area contributed by atoms with E-state index in [9.17, 15) is 19.5 Å². The smallest absolute Gasteiger partial charge is 0.320 e. The van der Waals surface area contributed by atoms with Crippen molar-refractivity contribution in [3.05, 3.63) is 21.7 Å². The van der Waals surface area contributed by atoms with Crippen molar-refractivity contribution in [2.24, 2.45) is 17.3 Å². The van der Waals surface area contributed by atoms with Crippen LogP contribution in [0.3, 0.4) is 0 Å². The number of aliphatic hydroxyl groups excluding tert-OH is 1. The summed E-state index contributed by atoms with van der Waals surface area (Å²) in [6.07, 6.45) is 3.40. The number of Topliss-reactive ketones (excluding diaryl/α,β-unsaturated/α-hetero) is 1. The van der Waals surface area contributed by atoms with Crippen molar-refractivity contribution in [2.45, 2.75) is 163 Å². The van der Waals surface area contributed by atoms with E-state index in [-0.39, 0.29) is 59.5 Å². The first kappa shape index (κ1) is 41.2. The molecule has 11 heteroatoms. The monoisotopic (exact) mass is 705 g/mol. The topological polar surface area (TPSA) is 139 Å². The predicted molar refractivity (Wildman–Crippen MR) is 194 cm³/mol. The third-order valence-electron chi connectivity index (χ3n) is 10.3. The van der Waals surface area contributed by atoms with E-state index in [1.807, 2.05) is 66.8 Å². The average molecular weight is 706 g/mol. The molecular formula is C38H63N3O7S. The van der Waals surface area contributed by atoms with Crippen LogP contribution in [0.5, 0.6) is 0 Å². The third-order valence-corrected chi connectivity index (χ3v) is 11.1. The minimum Gasteiger partial charge on any atom is -0.460 e. The minimum atomic E-state index is -1.26. The summed E-state index contributed by atoms with van der Waals surface area (Å²) in [6, 6.07) is -0.313. The van der Waals surface area contributed by atoms with Gasteiger partial charge < -0.3 is 30.0 Å². The number of hydrogen-bond donors (Lipinski definition) is 3. The van der Waals surface area contributed by atoms with Crippen molar-refractivity contribution in [1.29, 1.82) is 0 Å². The standard InChI is InChI=1S/C38H63N3O7S/c1-23-14-13-15-38(12)30(48-38)19-28(24(2)18-27-22-49-26(4)40-27)41-31(43)20-29(42)37(10,11)34(45)25(3)33(23)47-32(44)21-39-36(8,9)16-17-46-35(5,6)7/h18,22-23,25,28-30,33,39,42H,13-17,19-21H2,1-12H3,(H,41,43)/b24-18+/t23-,25+,28?,29-,30-,33-,38+/m0/s1. The van der Waals surface area contributed by atoms with Gasteiger partial charge in [0.25, 0.3) is 0 Å². The number of hydrogen-bond acceptors (Lipinski definition) is 10. The van der Waals surface area contributed by atoms with E-state index in [0.717, 1.165) is 35.5 Å². The van der Waals surface area contributed by atoms with Crippen molar-refractivity contribution in [3.63, 3.8) is 0 Å². The Bertz CT molecular complexity index is 1330. The van der Waals surface area contributed by atoms with Gasteiger partial charge in [-0.1, -0.05) is 34.1 Å². The summed E-state index contributed by atoms with van der Waals surface area (Å²) in [7, 11) is 0. The van der Waals surface area contributed by atoms with Crippen LogP contribution in [0.25, 0.3) is 6.08 Å². The zero-order valence-electron chi connectivity index (χ0n) is 32.0. The highest BCUT2D eigenvalue weighted by Gasteiger charge is 2.52. The normalized spacial score (nSPS) is 30.8. The van der Waals surface area contributed by atoms with Crippen LogP contribution in [-0.2, 0) is 28.6 Å². The lowest BCUT2D eigenvalue weighted by Gasteiger charge is -2.36. The summed E-state index contributed by atoms with van der Waals surface area (Å²) in [5, 5.41) is 20.7. The number of thiazole rings is 1. The average Bonchev–Trinajstić information content (AvgIpc) is 3.42. The molecule has 10 nitrogen and oxygen atoms in total. The molecule has 0 radical (unpaired) electrons. The lowest BCUT2D eigenvalue weighted by molar-refractivity contribution is -0.159. The Hall–Kier alpha value is -2.18. The van der Waals surface area contributed by atoms with Gasteiger partial charge >= 0.3 is 5.97 Å². The number of nitrogens with one attached hydrogen (secondary N) is 2. The van der Waals surface area contributed by atoms with E-state index in [2.05, 4.69) is 22.5 Å². The number of aromatic nitrogens is 1. The molecule has 2 aliphatic heterocycles. The Balaban J connectivity index is 1.77. The zero-order valence-corrected chi connectivity index (χ0v) is 32.8. The van der Waals surface area contributed by atoms with Crippen molar-refractivity contribution < 1.29 is 33.7 Å². The van der Waals surface area contributed by atoms with Gasteiger partial charge in [-0.2, -0.15) is 0 Å². The highest BCUT2D eigenvalue weighted by Crippen LogP contribution is 2.44. The van der Waals surface area contributed by atoms with Crippen LogP contribution in [0.15, 0.2) is 11.0 Å². The van der Waals surface area contributed by atoms with Gasteiger partial charge in [-0.25, -0.2) is 4.98 Å². The number of amides is 1. The van der Waals surface area contributed by atoms with Crippen molar-refractivity contribution in [1.82, 2.24) is 15.6 Å². The van der Waals surface area contributed by atoms with Crippen molar-refractivity contribution in [3.8, 4) is 0 Å². The van der Waals surface area contributed by atoms with Crippen LogP contribution < -0.4 is 10.6 Å². The first-order valence-corrected chi connectivity index (χ1v) is 18.8. The number of aliphatic hydroxyl groups is 1. The number of aryl methyl sites for hydroxylation is 1. The number of epoxide rings is 1. The number of ketones is 1. The van der Waals surface area contributed by atoms with Gasteiger partial charge in [0.15, 0.2) is 0 Å². The van der Waals surface area contributed by atoms with E-state index < -0.39 is 29.5 Å². The fourth-order valence-electron chi connectivity index (χ4n) is 6.60. The molecule has 1 aromatic heterocycles. The van der Waals surface area contributed by atoms with E-state index in [1.54, 1.807) is 32.1 Å². The van der Waals surface area contributed by atoms with Crippen LogP contribution in [0.1, 0.15) is 125 Å². The van der Waals surface area contributed by atoms with Crippen molar-refractivity contribution in [2.75, 3.05) is 13.2 Å². The Morgan fingerprint density at radius 3 is 2.49 bits per heavy atom. The second kappa shape index (κ2) is 16.4. The molecule has 7 atom stereocenters. The molecule has 2 aliphatic rings. The number of carbonyl (C=O) groups is 3. The first-order valence-electron chi connectivity index (χ1n) is 17.9. The molecule has 0 spiro atoms. The molecule has 0 aliphatic carbocycles. The summed E-state index contributed by atoms with van der Waals surface area (Å²) in [5.74, 6) is -1.86. The van der Waals surface area contributed by atoms with Crippen LogP contribution in [0.4, 0.5) is 0 Å². The molecule has 1 aromatic rings. The molecule has 0 saturated carbocycles. The fraction of sp³-hybridized carbons (Fsp3) is 0.789. The van der Waals surface area contributed by atoms with Gasteiger partial charge in [0, 0.05) is 23.9 Å². The predicted octanol–water partition coefficient (Wildman–Crippen LogP) is 6.17. The lowest BCUT2D eigenvalue weighted by atomic mass is 9.72. The number of ether oxygens (including phenoxy) is 3. The molecule has 0 aromatic carbocycles. The van der Waals surface area contributed by atoms with Crippen LogP contribution in [-0.4, -0.2) is 82.0 Å². The quantitative estimate of drug-likeness (QED) is 0.203. The van der Waals surface area contributed by atoms with Gasteiger partial charge in [-0.3, -0.25) is 14.4 Å². The van der Waals surface area contributed by atoms with E-state index in [0.29, 0.717) is 19.4 Å². The Kier molecular flexibility index (Phi) is 13.8. The third kappa shape index (κ3) is 12.2. The van der Waals surface area contributed by atoms with Crippen molar-refractivity contribution >= 4 is 35.1 Å². The summed E-state index contributed by atoms with van der Waals surface area (Å²) >= 11 is 1.57. The molecule has 2 fully saturated rings. The number of fused-ring (bicyclic) bond motifs is 1. The Morgan fingerprint density at radius 1 is 1.20 bits per heavy atom. The van der Waals surface area contributed by atoms with Crippen LogP contribution in [0, 0.1) is 24.2 Å². The maximum Gasteiger partial charge on any atom is 0.320 e. The Morgan fingerprint density at radius 2 is 1.88 bits per heavy atom. The molecule has 278 valence electrons. The number of rotatable bonds is 9. The van der Waals surface area contributed by atoms with E-state index in [4.69, 9.17) is 14.2 Å². The summed E-state index contributed by atoms with van der Waals surface area (Å²) in [5.41, 5.74) is -0.413. The van der Waals surface area contributed by atoms with E-state index >= 15 is 0 Å². The Labute approximate surface area is 298 Å². The summed E-state index contributed by atoms with van der Waals surface area (Å²) in [6.45, 7) is 23.7. The van der Waals surface area contributed by atoms with E-state index in [1.165, 1.54) is 0 Å². The van der Waals surface area contributed by atoms with Gasteiger partial charge in [-0.05, 0) is 92.2 Å². The SMILES string of the molecule is C/C(=C\c1csc(C)n1)C1C[C@@H]2O[C@]2(C)CCC[C@H](C)[C@H](OC(=O)CNC(C)(C)CCOC(C)(C)C)[C@@H](C)C(=O)C(C)(C)[C@@H](O)CC(=O)N1. The number of esters is 1. The zero-order chi connectivity index (χ0) is 36.9. The maximum absolute atomic E-state index is 14.1. The summed E-state index contributed by atoms with van der Waals surface area (Å²) < 4.78 is 18.2. The molecule has 1 amide bonds. The van der Waals surface area contributed by atoms with Gasteiger partial charge in [-0.15, -0.1) is 11.3 Å². The second-order valence-corrected chi connectivity index (χ2v) is 17.9. The van der Waals surface area contributed by atoms with Gasteiger partial charge in [0.2, 0.25) is 5.91 Å². The van der Waals surface area contributed by atoms with Crippen LogP contribution in [0.2, 0.25) is 0 Å². The highest BCUT2D eigenvalue weighted by molar-refractivity contribution is 7.09. The molecular weight excluding hydrogens is 642 g/mol. The minimum absolute atomic E-state index is 0.0104. The largest absolute Gasteiger partial charge is 0.460 e. The lowest BCUT2D eigenvalue weighted by Crippen LogP contribution is -2.49. The second-order valence-electron chi connectivity index (χ2n) is 16.8. The maximum atomic E-state index is 14.1. The number of carbonyl (C=O) groups excluding carboxylic acids is 3. The summed E-state index contributed by atoms with van der Waals surface area (Å²) in [4.78, 5) is 45.3. The molecule has 3 heterocycles. The van der Waals surface area contributed by atoms with Gasteiger partial charge in [0.1, 0.15) is 11.9 Å². The molecule has 3 N–H and O–H groups in total. The van der Waals surface area contributed by atoms with Gasteiger partial charge in [0.05, 0.1) is 64.5 Å². The number of nitrogens with zero attached hydrogens (tertiary/aromatic N) is 1. The van der Waals surface area contributed by atoms with Crippen LogP contribution >= 0.6 is 11.3 Å². The fourth-order valence-corrected chi connectivity index (χ4v) is 7.17. The molecule has 49 heavy (non-hydrogen) atoms. The molecule has 3 rings (SSSR count). The molecule has 0 bridgehead atoms. The molecule has 2 saturated heterocycles.